The van der Waals surface area contributed by atoms with Gasteiger partial charge in [0.25, 0.3) is 0 Å². The van der Waals surface area contributed by atoms with Gasteiger partial charge in [0, 0.05) is 23.1 Å². The van der Waals surface area contributed by atoms with Crippen molar-refractivity contribution in [2.24, 2.45) is 0 Å². The third-order valence-corrected chi connectivity index (χ3v) is 4.03. The lowest BCUT2D eigenvalue weighted by Crippen LogP contribution is -1.99. The van der Waals surface area contributed by atoms with Gasteiger partial charge in [0.2, 0.25) is 0 Å². The Morgan fingerprint density at radius 2 is 1.95 bits per heavy atom. The maximum Gasteiger partial charge on any atom is 0.147 e. The van der Waals surface area contributed by atoms with E-state index in [2.05, 4.69) is 11.1 Å². The number of rotatable bonds is 2. The number of fused-ring (bicyclic) bond motifs is 1. The maximum atomic E-state index is 14.2. The maximum absolute atomic E-state index is 14.2. The number of ether oxygens (including phenoxy) is 1. The minimum atomic E-state index is -0.385. The van der Waals surface area contributed by atoms with Crippen molar-refractivity contribution in [3.8, 4) is 17.1 Å². The third-order valence-electron chi connectivity index (χ3n) is 3.80. The van der Waals surface area contributed by atoms with Crippen LogP contribution in [0, 0.1) is 5.82 Å². The summed E-state index contributed by atoms with van der Waals surface area (Å²) in [5, 5.41) is 0.369. The Kier molecular flexibility index (Phi) is 3.21. The predicted molar refractivity (Wildman–Crippen MR) is 82.5 cm³/mol. The van der Waals surface area contributed by atoms with Crippen LogP contribution in [0.5, 0.6) is 0 Å². The Labute approximate surface area is 131 Å². The van der Waals surface area contributed by atoms with Crippen molar-refractivity contribution in [1.29, 1.82) is 0 Å². The lowest BCUT2D eigenvalue weighted by Gasteiger charge is -2.10. The molecule has 5 heteroatoms. The summed E-state index contributed by atoms with van der Waals surface area (Å²) < 4.78 is 21.5. The van der Waals surface area contributed by atoms with Gasteiger partial charge in [0.1, 0.15) is 11.6 Å². The van der Waals surface area contributed by atoms with Crippen LogP contribution in [0.2, 0.25) is 5.02 Å². The first-order valence-corrected chi connectivity index (χ1v) is 7.29. The summed E-state index contributed by atoms with van der Waals surface area (Å²) in [4.78, 5) is 4.30. The van der Waals surface area contributed by atoms with Gasteiger partial charge in [0.05, 0.1) is 18.8 Å². The molecule has 3 aromatic rings. The second-order valence-corrected chi connectivity index (χ2v) is 5.63. The normalized spacial score (nSPS) is 13.4. The van der Waals surface area contributed by atoms with Gasteiger partial charge < -0.3 is 4.74 Å². The van der Waals surface area contributed by atoms with Crippen LogP contribution in [0.15, 0.2) is 48.8 Å². The van der Waals surface area contributed by atoms with E-state index in [4.69, 9.17) is 16.3 Å². The average Bonchev–Trinajstić information content (AvgIpc) is 3.15. The van der Waals surface area contributed by atoms with Gasteiger partial charge in [-0.1, -0.05) is 17.7 Å². The topological polar surface area (TPSA) is 27.1 Å². The van der Waals surface area contributed by atoms with E-state index in [1.54, 1.807) is 18.3 Å². The smallest absolute Gasteiger partial charge is 0.147 e. The van der Waals surface area contributed by atoms with Crippen LogP contribution in [0.4, 0.5) is 4.39 Å². The highest BCUT2D eigenvalue weighted by molar-refractivity contribution is 6.30. The Morgan fingerprint density at radius 3 is 2.82 bits per heavy atom. The van der Waals surface area contributed by atoms with Gasteiger partial charge in [0.15, 0.2) is 0 Å². The Hall–Kier alpha value is -2.17. The molecule has 0 amide bonds. The van der Waals surface area contributed by atoms with Crippen molar-refractivity contribution in [3.63, 3.8) is 0 Å². The molecule has 0 radical (unpaired) electrons. The fourth-order valence-electron chi connectivity index (χ4n) is 2.69. The highest BCUT2D eigenvalue weighted by Crippen LogP contribution is 2.28. The van der Waals surface area contributed by atoms with Crippen molar-refractivity contribution in [1.82, 2.24) is 9.55 Å². The second kappa shape index (κ2) is 5.23. The van der Waals surface area contributed by atoms with Crippen LogP contribution in [-0.2, 0) is 18.0 Å². The van der Waals surface area contributed by atoms with E-state index in [0.717, 1.165) is 11.3 Å². The molecule has 3 nitrogen and oxygen atoms in total. The lowest BCUT2D eigenvalue weighted by atomic mass is 10.1. The number of hydrogen-bond donors (Lipinski definition) is 0. The zero-order valence-electron chi connectivity index (χ0n) is 11.6. The molecule has 0 saturated carbocycles. The zero-order valence-corrected chi connectivity index (χ0v) is 12.3. The van der Waals surface area contributed by atoms with Crippen LogP contribution in [0.3, 0.4) is 0 Å². The summed E-state index contributed by atoms with van der Waals surface area (Å²) in [5.41, 5.74) is 3.72. The zero-order chi connectivity index (χ0) is 15.1. The van der Waals surface area contributed by atoms with E-state index in [0.29, 0.717) is 29.6 Å². The average molecular weight is 315 g/mol. The monoisotopic (exact) mass is 314 g/mol. The first kappa shape index (κ1) is 13.5. The van der Waals surface area contributed by atoms with Crippen molar-refractivity contribution < 1.29 is 9.13 Å². The van der Waals surface area contributed by atoms with E-state index < -0.39 is 0 Å². The molecule has 0 unspecified atom stereocenters. The number of imidazole rings is 1. The van der Waals surface area contributed by atoms with Crippen molar-refractivity contribution in [3.05, 3.63) is 70.8 Å². The van der Waals surface area contributed by atoms with E-state index in [1.165, 1.54) is 11.6 Å². The minimum absolute atomic E-state index is 0.369. The third kappa shape index (κ3) is 2.21. The Bertz CT molecular complexity index is 860. The molecule has 0 N–H and O–H groups in total. The molecule has 1 aliphatic heterocycles. The molecule has 0 bridgehead atoms. The SMILES string of the molecule is Fc1cc(Cl)ccc1-c1nccn1-c1ccc2c(c1)COC2. The second-order valence-electron chi connectivity index (χ2n) is 5.19. The summed E-state index contributed by atoms with van der Waals surface area (Å²) in [6.45, 7) is 1.26. The van der Waals surface area contributed by atoms with Crippen LogP contribution >= 0.6 is 11.6 Å². The first-order chi connectivity index (χ1) is 10.7. The van der Waals surface area contributed by atoms with Gasteiger partial charge in [-0.05, 0) is 41.5 Å². The summed E-state index contributed by atoms with van der Waals surface area (Å²) >= 11 is 5.82. The number of benzene rings is 2. The number of hydrogen-bond acceptors (Lipinski definition) is 2. The first-order valence-electron chi connectivity index (χ1n) is 6.91. The molecular weight excluding hydrogens is 303 g/mol. The highest BCUT2D eigenvalue weighted by Gasteiger charge is 2.15. The van der Waals surface area contributed by atoms with Crippen molar-refractivity contribution in [2.75, 3.05) is 0 Å². The van der Waals surface area contributed by atoms with E-state index in [1.807, 2.05) is 22.9 Å². The summed E-state index contributed by atoms with van der Waals surface area (Å²) in [5.74, 6) is 0.164. The molecule has 110 valence electrons. The molecule has 2 heterocycles. The molecule has 1 aliphatic rings. The molecule has 0 fully saturated rings. The van der Waals surface area contributed by atoms with E-state index >= 15 is 0 Å². The largest absolute Gasteiger partial charge is 0.372 e. The molecule has 4 rings (SSSR count). The van der Waals surface area contributed by atoms with Gasteiger partial charge in [-0.15, -0.1) is 0 Å². The predicted octanol–water partition coefficient (Wildman–Crippen LogP) is 4.36. The summed E-state index contributed by atoms with van der Waals surface area (Å²) in [6.07, 6.45) is 3.48. The molecule has 0 spiro atoms. The van der Waals surface area contributed by atoms with Crippen molar-refractivity contribution >= 4 is 11.6 Å². The molecule has 1 aromatic heterocycles. The number of aromatic nitrogens is 2. The molecule has 0 saturated heterocycles. The Morgan fingerprint density at radius 1 is 1.09 bits per heavy atom. The van der Waals surface area contributed by atoms with Gasteiger partial charge in [-0.25, -0.2) is 9.37 Å². The molecule has 2 aromatic carbocycles. The van der Waals surface area contributed by atoms with Gasteiger partial charge >= 0.3 is 0 Å². The molecule has 0 aliphatic carbocycles. The van der Waals surface area contributed by atoms with Gasteiger partial charge in [-0.2, -0.15) is 0 Å². The quantitative estimate of drug-likeness (QED) is 0.702. The van der Waals surface area contributed by atoms with Crippen LogP contribution in [0.1, 0.15) is 11.1 Å². The number of halogens is 2. The molecular formula is C17H12ClFN2O. The van der Waals surface area contributed by atoms with Crippen molar-refractivity contribution in [2.45, 2.75) is 13.2 Å². The summed E-state index contributed by atoms with van der Waals surface area (Å²) in [7, 11) is 0. The number of nitrogens with zero attached hydrogens (tertiary/aromatic N) is 2. The fourth-order valence-corrected chi connectivity index (χ4v) is 2.85. The van der Waals surface area contributed by atoms with Crippen LogP contribution < -0.4 is 0 Å². The fraction of sp³-hybridized carbons (Fsp3) is 0.118. The molecule has 22 heavy (non-hydrogen) atoms. The highest BCUT2D eigenvalue weighted by atomic mass is 35.5. The lowest BCUT2D eigenvalue weighted by molar-refractivity contribution is 0.134. The molecule has 0 atom stereocenters. The van der Waals surface area contributed by atoms with Crippen LogP contribution in [-0.4, -0.2) is 9.55 Å². The van der Waals surface area contributed by atoms with Crippen LogP contribution in [0.25, 0.3) is 17.1 Å². The van der Waals surface area contributed by atoms with Gasteiger partial charge in [-0.3, -0.25) is 4.57 Å². The van der Waals surface area contributed by atoms with E-state index in [-0.39, 0.29) is 5.82 Å². The van der Waals surface area contributed by atoms with E-state index in [9.17, 15) is 4.39 Å². The standard InChI is InChI=1S/C17H12ClFN2O/c18-13-2-4-15(16(19)8-13)17-20-5-6-21(17)14-3-1-11-9-22-10-12(11)7-14/h1-8H,9-10H2. The minimum Gasteiger partial charge on any atom is -0.372 e. The summed E-state index contributed by atoms with van der Waals surface area (Å²) in [6, 6.07) is 10.7. The Balaban J connectivity index is 1.83.